The Balaban J connectivity index is 2.84. The number of carbonyl (C=O) groups is 4. The Kier molecular flexibility index (Phi) is 7.11. The quantitative estimate of drug-likeness (QED) is 0.277. The molecule has 2 amide bonds. The molecule has 0 spiro atoms. The molecular weight excluding hydrogens is 324 g/mol. The van der Waals surface area contributed by atoms with Crippen molar-refractivity contribution in [2.24, 2.45) is 5.41 Å². The average Bonchev–Trinajstić information content (AvgIpc) is 2.54. The highest BCUT2D eigenvalue weighted by molar-refractivity contribution is 6.07. The minimum absolute atomic E-state index is 0.212. The predicted molar refractivity (Wildman–Crippen MR) is 78.3 cm³/mol. The summed E-state index contributed by atoms with van der Waals surface area (Å²) in [5.74, 6) is -3.19. The zero-order chi connectivity index (χ0) is 18.3. The molecular formula is C14H22N2O8. The van der Waals surface area contributed by atoms with Crippen molar-refractivity contribution < 1.29 is 38.9 Å². The molecule has 0 aliphatic heterocycles. The molecule has 0 unspecified atom stereocenters. The van der Waals surface area contributed by atoms with E-state index in [2.05, 4.69) is 20.1 Å². The normalized spacial score (nSPS) is 17.7. The number of methoxy groups -OCH3 is 2. The summed E-state index contributed by atoms with van der Waals surface area (Å²) < 4.78 is 8.90. The highest BCUT2D eigenvalue weighted by Gasteiger charge is 2.52. The SMILES string of the molecule is COC(=O)[C@@H](CO)NC(=O)C1(C(=O)N[C@H](CO)C(=O)OC)CCC1. The van der Waals surface area contributed by atoms with Crippen LogP contribution in [-0.2, 0) is 28.7 Å². The first-order valence-corrected chi connectivity index (χ1v) is 7.35. The van der Waals surface area contributed by atoms with E-state index in [1.54, 1.807) is 0 Å². The zero-order valence-corrected chi connectivity index (χ0v) is 13.5. The summed E-state index contributed by atoms with van der Waals surface area (Å²) >= 11 is 0. The Morgan fingerprint density at radius 1 is 0.917 bits per heavy atom. The van der Waals surface area contributed by atoms with E-state index >= 15 is 0 Å². The number of amides is 2. The van der Waals surface area contributed by atoms with Gasteiger partial charge < -0.3 is 30.3 Å². The third kappa shape index (κ3) is 4.01. The van der Waals surface area contributed by atoms with E-state index in [-0.39, 0.29) is 12.8 Å². The number of aliphatic hydroxyl groups is 2. The summed E-state index contributed by atoms with van der Waals surface area (Å²) in [6.07, 6.45) is 1.03. The van der Waals surface area contributed by atoms with Crippen LogP contribution in [0.1, 0.15) is 19.3 Å². The standard InChI is InChI=1S/C14H22N2O8/c1-23-10(19)8(6-17)15-12(21)14(4-3-5-14)13(22)16-9(7-18)11(20)24-2/h8-9,17-18H,3-7H2,1-2H3,(H,15,21)(H,16,22)/t8-,9-/m1/s1. The average molecular weight is 346 g/mol. The molecule has 24 heavy (non-hydrogen) atoms. The molecule has 0 bridgehead atoms. The summed E-state index contributed by atoms with van der Waals surface area (Å²) in [6, 6.07) is -2.58. The molecule has 2 atom stereocenters. The van der Waals surface area contributed by atoms with Crippen LogP contribution >= 0.6 is 0 Å². The van der Waals surface area contributed by atoms with E-state index in [9.17, 15) is 19.2 Å². The first kappa shape index (κ1) is 19.8. The fraction of sp³-hybridized carbons (Fsp3) is 0.714. The Morgan fingerprint density at radius 3 is 1.50 bits per heavy atom. The van der Waals surface area contributed by atoms with Crippen LogP contribution in [0.5, 0.6) is 0 Å². The van der Waals surface area contributed by atoms with Gasteiger partial charge in [0.05, 0.1) is 27.4 Å². The topological polar surface area (TPSA) is 151 Å². The lowest BCUT2D eigenvalue weighted by Gasteiger charge is -2.39. The van der Waals surface area contributed by atoms with Crippen molar-refractivity contribution in [3.8, 4) is 0 Å². The van der Waals surface area contributed by atoms with Gasteiger partial charge in [-0.1, -0.05) is 6.42 Å². The lowest BCUT2D eigenvalue weighted by atomic mass is 9.67. The molecule has 1 aliphatic rings. The smallest absolute Gasteiger partial charge is 0.330 e. The highest BCUT2D eigenvalue weighted by Crippen LogP contribution is 2.41. The van der Waals surface area contributed by atoms with E-state index < -0.39 is 54.5 Å². The van der Waals surface area contributed by atoms with Gasteiger partial charge in [-0.2, -0.15) is 0 Å². The van der Waals surface area contributed by atoms with Crippen LogP contribution in [-0.4, -0.2) is 73.5 Å². The number of nitrogens with one attached hydrogen (secondary N) is 2. The van der Waals surface area contributed by atoms with Gasteiger partial charge in [-0.15, -0.1) is 0 Å². The summed E-state index contributed by atoms with van der Waals surface area (Å²) in [7, 11) is 2.20. The molecule has 1 fully saturated rings. The number of aliphatic hydroxyl groups excluding tert-OH is 2. The lowest BCUT2D eigenvalue weighted by Crippen LogP contribution is -2.61. The molecule has 1 rings (SSSR count). The number of ether oxygens (including phenoxy) is 2. The number of hydrogen-bond acceptors (Lipinski definition) is 8. The number of esters is 2. The van der Waals surface area contributed by atoms with Gasteiger partial charge in [0, 0.05) is 0 Å². The Hall–Kier alpha value is -2.20. The second-order valence-corrected chi connectivity index (χ2v) is 5.40. The molecule has 0 aromatic carbocycles. The third-order valence-corrected chi connectivity index (χ3v) is 4.02. The molecule has 1 saturated carbocycles. The Morgan fingerprint density at radius 2 is 1.29 bits per heavy atom. The van der Waals surface area contributed by atoms with Gasteiger partial charge in [-0.05, 0) is 12.8 Å². The van der Waals surface area contributed by atoms with E-state index in [0.29, 0.717) is 6.42 Å². The van der Waals surface area contributed by atoms with Crippen molar-refractivity contribution in [3.63, 3.8) is 0 Å². The number of rotatable bonds is 8. The van der Waals surface area contributed by atoms with Crippen molar-refractivity contribution in [2.75, 3.05) is 27.4 Å². The Labute approximate surface area is 138 Å². The van der Waals surface area contributed by atoms with Gasteiger partial charge in [0.2, 0.25) is 11.8 Å². The van der Waals surface area contributed by atoms with Crippen molar-refractivity contribution in [3.05, 3.63) is 0 Å². The van der Waals surface area contributed by atoms with E-state index in [1.807, 2.05) is 0 Å². The van der Waals surface area contributed by atoms with E-state index in [1.165, 1.54) is 0 Å². The van der Waals surface area contributed by atoms with Crippen molar-refractivity contribution in [2.45, 2.75) is 31.3 Å². The van der Waals surface area contributed by atoms with Crippen LogP contribution in [0.3, 0.4) is 0 Å². The maximum Gasteiger partial charge on any atom is 0.330 e. The molecule has 10 nitrogen and oxygen atoms in total. The minimum Gasteiger partial charge on any atom is -0.467 e. The fourth-order valence-electron chi connectivity index (χ4n) is 2.32. The molecule has 0 radical (unpaired) electrons. The van der Waals surface area contributed by atoms with E-state index in [0.717, 1.165) is 14.2 Å². The van der Waals surface area contributed by atoms with Crippen LogP contribution < -0.4 is 10.6 Å². The third-order valence-electron chi connectivity index (χ3n) is 4.02. The van der Waals surface area contributed by atoms with Crippen molar-refractivity contribution >= 4 is 23.8 Å². The molecule has 4 N–H and O–H groups in total. The second kappa shape index (κ2) is 8.60. The maximum atomic E-state index is 12.4. The van der Waals surface area contributed by atoms with Crippen LogP contribution in [0, 0.1) is 5.41 Å². The second-order valence-electron chi connectivity index (χ2n) is 5.40. The fourth-order valence-corrected chi connectivity index (χ4v) is 2.32. The lowest BCUT2D eigenvalue weighted by molar-refractivity contribution is -0.157. The van der Waals surface area contributed by atoms with Gasteiger partial charge >= 0.3 is 11.9 Å². The van der Waals surface area contributed by atoms with Gasteiger partial charge in [-0.3, -0.25) is 9.59 Å². The zero-order valence-electron chi connectivity index (χ0n) is 13.5. The summed E-state index contributed by atoms with van der Waals surface area (Å²) in [6.45, 7) is -1.37. The van der Waals surface area contributed by atoms with Gasteiger partial charge in [-0.25, -0.2) is 9.59 Å². The number of carbonyl (C=O) groups excluding carboxylic acids is 4. The highest BCUT2D eigenvalue weighted by atomic mass is 16.5. The molecule has 0 saturated heterocycles. The minimum atomic E-state index is -1.47. The van der Waals surface area contributed by atoms with Crippen LogP contribution in [0.15, 0.2) is 0 Å². The molecule has 1 aliphatic carbocycles. The molecule has 0 aromatic rings. The van der Waals surface area contributed by atoms with Gasteiger partial charge in [0.25, 0.3) is 0 Å². The van der Waals surface area contributed by atoms with Crippen molar-refractivity contribution in [1.82, 2.24) is 10.6 Å². The van der Waals surface area contributed by atoms with E-state index in [4.69, 9.17) is 10.2 Å². The van der Waals surface area contributed by atoms with Gasteiger partial charge in [0.1, 0.15) is 5.41 Å². The maximum absolute atomic E-state index is 12.4. The largest absolute Gasteiger partial charge is 0.467 e. The van der Waals surface area contributed by atoms with Crippen LogP contribution in [0.4, 0.5) is 0 Å². The predicted octanol–water partition coefficient (Wildman–Crippen LogP) is -2.54. The van der Waals surface area contributed by atoms with Crippen molar-refractivity contribution in [1.29, 1.82) is 0 Å². The van der Waals surface area contributed by atoms with Crippen LogP contribution in [0.2, 0.25) is 0 Å². The summed E-state index contributed by atoms with van der Waals surface area (Å²) in [5, 5.41) is 22.8. The first-order chi connectivity index (χ1) is 11.4. The molecule has 10 heteroatoms. The summed E-state index contributed by atoms with van der Waals surface area (Å²) in [5.41, 5.74) is -1.47. The van der Waals surface area contributed by atoms with Crippen LogP contribution in [0.25, 0.3) is 0 Å². The Bertz CT molecular complexity index is 463. The molecule has 0 aromatic heterocycles. The monoisotopic (exact) mass is 346 g/mol. The van der Waals surface area contributed by atoms with Gasteiger partial charge in [0.15, 0.2) is 12.1 Å². The summed E-state index contributed by atoms with van der Waals surface area (Å²) in [4.78, 5) is 47.7. The number of hydrogen-bond donors (Lipinski definition) is 4. The molecule has 136 valence electrons. The first-order valence-electron chi connectivity index (χ1n) is 7.35. The molecule has 0 heterocycles.